The summed E-state index contributed by atoms with van der Waals surface area (Å²) in [6, 6.07) is 0. The Morgan fingerprint density at radius 3 is 2.73 bits per heavy atom. The Kier molecular flexibility index (Phi) is 2.40. The van der Waals surface area contributed by atoms with Gasteiger partial charge in [0, 0.05) is 6.92 Å². The van der Waals surface area contributed by atoms with Gasteiger partial charge in [-0.1, -0.05) is 19.9 Å². The zero-order valence-electron chi connectivity index (χ0n) is 10.0. The highest BCUT2D eigenvalue weighted by atomic mass is 16.5. The maximum Gasteiger partial charge on any atom is 0.303 e. The Morgan fingerprint density at radius 2 is 2.27 bits per heavy atom. The van der Waals surface area contributed by atoms with E-state index in [4.69, 9.17) is 4.74 Å². The first-order chi connectivity index (χ1) is 6.93. The topological polar surface area (TPSA) is 26.3 Å². The van der Waals surface area contributed by atoms with Gasteiger partial charge in [-0.05, 0) is 42.6 Å². The lowest BCUT2D eigenvalue weighted by Crippen LogP contribution is -2.50. The van der Waals surface area contributed by atoms with Crippen LogP contribution in [0.2, 0.25) is 0 Å². The predicted octanol–water partition coefficient (Wildman–Crippen LogP) is 2.93. The fraction of sp³-hybridized carbons (Fsp3) is 0.769. The van der Waals surface area contributed by atoms with Gasteiger partial charge in [0.05, 0.1) is 0 Å². The number of ether oxygens (including phenoxy) is 1. The summed E-state index contributed by atoms with van der Waals surface area (Å²) in [7, 11) is 0. The smallest absolute Gasteiger partial charge is 0.303 e. The van der Waals surface area contributed by atoms with Gasteiger partial charge in [-0.2, -0.15) is 0 Å². The standard InChI is InChI=1S/C13H20O2/c1-8(15-9(2)14)11-6-5-10-7-12(11)13(10,3)4/h6,8,10,12H,5,7H2,1-4H3/t8?,10-,12-/m1/s1. The minimum absolute atomic E-state index is 0.0342. The van der Waals surface area contributed by atoms with Gasteiger partial charge in [-0.15, -0.1) is 0 Å². The molecule has 0 aromatic heterocycles. The van der Waals surface area contributed by atoms with Crippen LogP contribution in [0.15, 0.2) is 11.6 Å². The fourth-order valence-corrected chi connectivity index (χ4v) is 3.17. The van der Waals surface area contributed by atoms with E-state index in [0.717, 1.165) is 12.3 Å². The van der Waals surface area contributed by atoms with Crippen molar-refractivity contribution >= 4 is 5.97 Å². The van der Waals surface area contributed by atoms with Crippen LogP contribution in [0.4, 0.5) is 0 Å². The van der Waals surface area contributed by atoms with Crippen LogP contribution < -0.4 is 0 Å². The fourth-order valence-electron chi connectivity index (χ4n) is 3.17. The molecule has 0 aliphatic heterocycles. The van der Waals surface area contributed by atoms with Gasteiger partial charge in [0.2, 0.25) is 0 Å². The minimum atomic E-state index is -0.178. The molecule has 1 saturated carbocycles. The molecule has 0 spiro atoms. The maximum atomic E-state index is 10.9. The molecule has 1 fully saturated rings. The normalized spacial score (nSPS) is 33.7. The Balaban J connectivity index is 2.11. The number of rotatable bonds is 2. The molecule has 3 atom stereocenters. The summed E-state index contributed by atoms with van der Waals surface area (Å²) in [5.74, 6) is 1.30. The molecule has 2 bridgehead atoms. The van der Waals surface area contributed by atoms with E-state index < -0.39 is 0 Å². The number of fused-ring (bicyclic) bond motifs is 1. The van der Waals surface area contributed by atoms with Crippen LogP contribution in [0.3, 0.4) is 0 Å². The lowest BCUT2D eigenvalue weighted by Gasteiger charge is -2.57. The second-order valence-corrected chi connectivity index (χ2v) is 5.50. The molecule has 0 saturated heterocycles. The Bertz CT molecular complexity index is 314. The molecule has 3 aliphatic carbocycles. The number of carbonyl (C=O) groups is 1. The van der Waals surface area contributed by atoms with Crippen molar-refractivity contribution in [2.24, 2.45) is 17.3 Å². The molecule has 0 radical (unpaired) electrons. The van der Waals surface area contributed by atoms with E-state index in [2.05, 4.69) is 19.9 Å². The van der Waals surface area contributed by atoms with Gasteiger partial charge >= 0.3 is 5.97 Å². The van der Waals surface area contributed by atoms with Crippen LogP contribution >= 0.6 is 0 Å². The number of carbonyl (C=O) groups excluding carboxylic acids is 1. The molecule has 3 aliphatic rings. The number of hydrogen-bond donors (Lipinski definition) is 0. The lowest BCUT2D eigenvalue weighted by molar-refractivity contribution is -0.145. The Labute approximate surface area is 91.7 Å². The maximum absolute atomic E-state index is 10.9. The van der Waals surface area contributed by atoms with Crippen molar-refractivity contribution in [3.8, 4) is 0 Å². The summed E-state index contributed by atoms with van der Waals surface area (Å²) < 4.78 is 5.27. The summed E-state index contributed by atoms with van der Waals surface area (Å²) in [5, 5.41) is 0. The second-order valence-electron chi connectivity index (χ2n) is 5.50. The van der Waals surface area contributed by atoms with Crippen molar-refractivity contribution in [2.75, 3.05) is 0 Å². The van der Waals surface area contributed by atoms with Crippen molar-refractivity contribution in [2.45, 2.75) is 46.6 Å². The van der Waals surface area contributed by atoms with Gasteiger partial charge in [-0.3, -0.25) is 4.79 Å². The van der Waals surface area contributed by atoms with Gasteiger partial charge in [0.25, 0.3) is 0 Å². The monoisotopic (exact) mass is 208 g/mol. The summed E-state index contributed by atoms with van der Waals surface area (Å²) >= 11 is 0. The molecule has 0 aromatic carbocycles. The van der Waals surface area contributed by atoms with E-state index in [0.29, 0.717) is 11.3 Å². The Morgan fingerprint density at radius 1 is 1.60 bits per heavy atom. The molecule has 0 amide bonds. The summed E-state index contributed by atoms with van der Waals surface area (Å²) in [5.41, 5.74) is 1.76. The summed E-state index contributed by atoms with van der Waals surface area (Å²) in [6.07, 6.45) is 4.69. The molecule has 3 rings (SSSR count). The third-order valence-corrected chi connectivity index (χ3v) is 4.32. The SMILES string of the molecule is CC(=O)OC(C)C1=CC[C@@H]2C[C@H]1C2(C)C. The summed E-state index contributed by atoms with van der Waals surface area (Å²) in [4.78, 5) is 10.9. The molecule has 2 heteroatoms. The van der Waals surface area contributed by atoms with Gasteiger partial charge in [-0.25, -0.2) is 0 Å². The van der Waals surface area contributed by atoms with Crippen molar-refractivity contribution in [1.82, 2.24) is 0 Å². The highest BCUT2D eigenvalue weighted by Crippen LogP contribution is 2.59. The first kappa shape index (κ1) is 10.7. The first-order valence-corrected chi connectivity index (χ1v) is 5.80. The van der Waals surface area contributed by atoms with Gasteiger partial charge < -0.3 is 4.74 Å². The van der Waals surface area contributed by atoms with Crippen LogP contribution in [-0.2, 0) is 9.53 Å². The molecule has 1 unspecified atom stereocenters. The van der Waals surface area contributed by atoms with Crippen LogP contribution in [0.1, 0.15) is 40.5 Å². The van der Waals surface area contributed by atoms with Gasteiger partial charge in [0.1, 0.15) is 6.10 Å². The quantitative estimate of drug-likeness (QED) is 0.515. The molecule has 15 heavy (non-hydrogen) atoms. The van der Waals surface area contributed by atoms with Crippen LogP contribution in [0.25, 0.3) is 0 Å². The average molecular weight is 208 g/mol. The summed E-state index contributed by atoms with van der Waals surface area (Å²) in [6.45, 7) is 8.13. The third kappa shape index (κ3) is 1.60. The lowest BCUT2D eigenvalue weighted by atomic mass is 9.48. The van der Waals surface area contributed by atoms with E-state index in [1.165, 1.54) is 18.9 Å². The van der Waals surface area contributed by atoms with E-state index in [9.17, 15) is 4.79 Å². The molecular weight excluding hydrogens is 188 g/mol. The number of hydrogen-bond acceptors (Lipinski definition) is 2. The first-order valence-electron chi connectivity index (χ1n) is 5.80. The van der Waals surface area contributed by atoms with Crippen LogP contribution in [0.5, 0.6) is 0 Å². The van der Waals surface area contributed by atoms with E-state index in [-0.39, 0.29) is 12.1 Å². The molecule has 84 valence electrons. The zero-order chi connectivity index (χ0) is 11.2. The number of esters is 1. The molecule has 0 N–H and O–H groups in total. The Hall–Kier alpha value is -0.790. The molecule has 2 nitrogen and oxygen atoms in total. The highest BCUT2D eigenvalue weighted by Gasteiger charge is 2.52. The largest absolute Gasteiger partial charge is 0.458 e. The number of allylic oxidation sites excluding steroid dienone is 1. The van der Waals surface area contributed by atoms with Gasteiger partial charge in [0.15, 0.2) is 0 Å². The third-order valence-electron chi connectivity index (χ3n) is 4.32. The highest BCUT2D eigenvalue weighted by molar-refractivity contribution is 5.66. The second kappa shape index (κ2) is 3.36. The minimum Gasteiger partial charge on any atom is -0.458 e. The van der Waals surface area contributed by atoms with E-state index in [1.807, 2.05) is 6.92 Å². The van der Waals surface area contributed by atoms with Crippen LogP contribution in [-0.4, -0.2) is 12.1 Å². The van der Waals surface area contributed by atoms with Crippen molar-refractivity contribution in [3.05, 3.63) is 11.6 Å². The van der Waals surface area contributed by atoms with Crippen LogP contribution in [0, 0.1) is 17.3 Å². The zero-order valence-corrected chi connectivity index (χ0v) is 10.0. The average Bonchev–Trinajstić information content (AvgIpc) is 2.16. The van der Waals surface area contributed by atoms with E-state index in [1.54, 1.807) is 0 Å². The van der Waals surface area contributed by atoms with Crippen molar-refractivity contribution < 1.29 is 9.53 Å². The van der Waals surface area contributed by atoms with Crippen molar-refractivity contribution in [3.63, 3.8) is 0 Å². The molecule has 0 heterocycles. The molecule has 0 aromatic rings. The van der Waals surface area contributed by atoms with E-state index >= 15 is 0 Å². The van der Waals surface area contributed by atoms with Crippen molar-refractivity contribution in [1.29, 1.82) is 0 Å². The predicted molar refractivity (Wildman–Crippen MR) is 59.3 cm³/mol. The molecular formula is C13H20O2.